The molecule has 4 heteroatoms. The van der Waals surface area contributed by atoms with Gasteiger partial charge in [0.2, 0.25) is 5.91 Å². The summed E-state index contributed by atoms with van der Waals surface area (Å²) in [7, 11) is 3.40. The molecule has 0 aliphatic carbocycles. The van der Waals surface area contributed by atoms with E-state index < -0.39 is 0 Å². The first kappa shape index (κ1) is 15.5. The first-order valence-corrected chi connectivity index (χ1v) is 6.99. The lowest BCUT2D eigenvalue weighted by atomic mass is 10.1. The highest BCUT2D eigenvalue weighted by atomic mass is 16.5. The van der Waals surface area contributed by atoms with Gasteiger partial charge in [0.05, 0.1) is 13.2 Å². The maximum Gasteiger partial charge on any atom is 0.248 e. The molecular weight excluding hydrogens is 266 g/mol. The van der Waals surface area contributed by atoms with Crippen LogP contribution in [0.4, 0.5) is 0 Å². The molecule has 0 aliphatic heterocycles. The van der Waals surface area contributed by atoms with Gasteiger partial charge in [0.1, 0.15) is 6.61 Å². The number of hydrogen-bond acceptors (Lipinski definition) is 3. The topological polar surface area (TPSA) is 38.8 Å². The molecule has 0 atom stereocenters. The van der Waals surface area contributed by atoms with Crippen LogP contribution in [-0.4, -0.2) is 44.8 Å². The van der Waals surface area contributed by atoms with Crippen LogP contribution in [0, 0.1) is 0 Å². The first-order valence-electron chi connectivity index (χ1n) is 6.99. The number of rotatable bonds is 7. The van der Waals surface area contributed by atoms with Crippen molar-refractivity contribution in [1.29, 1.82) is 0 Å². The van der Waals surface area contributed by atoms with Gasteiger partial charge < -0.3 is 14.4 Å². The average Bonchev–Trinajstić information content (AvgIpc) is 2.51. The van der Waals surface area contributed by atoms with E-state index in [0.29, 0.717) is 19.8 Å². The Morgan fingerprint density at radius 3 is 2.62 bits per heavy atom. The monoisotopic (exact) mass is 287 g/mol. The SMILES string of the molecule is COCCOCC(=O)N(C)Cc1ccc2ccccc2c1. The van der Waals surface area contributed by atoms with Gasteiger partial charge in [-0.25, -0.2) is 0 Å². The second-order valence-electron chi connectivity index (χ2n) is 4.98. The van der Waals surface area contributed by atoms with Crippen LogP contribution < -0.4 is 0 Å². The van der Waals surface area contributed by atoms with Crippen molar-refractivity contribution in [1.82, 2.24) is 4.90 Å². The van der Waals surface area contributed by atoms with E-state index in [1.54, 1.807) is 19.1 Å². The van der Waals surface area contributed by atoms with Gasteiger partial charge in [-0.1, -0.05) is 36.4 Å². The molecule has 4 nitrogen and oxygen atoms in total. The average molecular weight is 287 g/mol. The minimum absolute atomic E-state index is 0.0285. The molecule has 0 saturated heterocycles. The highest BCUT2D eigenvalue weighted by molar-refractivity contribution is 5.83. The summed E-state index contributed by atoms with van der Waals surface area (Å²) in [6.45, 7) is 1.61. The van der Waals surface area contributed by atoms with Gasteiger partial charge in [-0.15, -0.1) is 0 Å². The van der Waals surface area contributed by atoms with E-state index in [9.17, 15) is 4.79 Å². The van der Waals surface area contributed by atoms with E-state index in [2.05, 4.69) is 30.3 Å². The lowest BCUT2D eigenvalue weighted by molar-refractivity contribution is -0.135. The second-order valence-corrected chi connectivity index (χ2v) is 4.98. The fourth-order valence-corrected chi connectivity index (χ4v) is 2.11. The normalized spacial score (nSPS) is 10.8. The predicted molar refractivity (Wildman–Crippen MR) is 83.1 cm³/mol. The van der Waals surface area contributed by atoms with Crippen LogP contribution in [0.2, 0.25) is 0 Å². The molecule has 0 bridgehead atoms. The van der Waals surface area contributed by atoms with Crippen LogP contribution in [0.25, 0.3) is 10.8 Å². The summed E-state index contributed by atoms with van der Waals surface area (Å²) < 4.78 is 10.1. The van der Waals surface area contributed by atoms with Gasteiger partial charge >= 0.3 is 0 Å². The van der Waals surface area contributed by atoms with Crippen molar-refractivity contribution >= 4 is 16.7 Å². The Morgan fingerprint density at radius 2 is 1.86 bits per heavy atom. The van der Waals surface area contributed by atoms with Crippen LogP contribution in [0.1, 0.15) is 5.56 Å². The number of fused-ring (bicyclic) bond motifs is 1. The number of carbonyl (C=O) groups is 1. The van der Waals surface area contributed by atoms with Gasteiger partial charge in [0.25, 0.3) is 0 Å². The molecule has 0 saturated carbocycles. The smallest absolute Gasteiger partial charge is 0.248 e. The zero-order valence-electron chi connectivity index (χ0n) is 12.5. The maximum atomic E-state index is 11.9. The molecule has 2 rings (SSSR count). The van der Waals surface area contributed by atoms with Crippen molar-refractivity contribution in [3.63, 3.8) is 0 Å². The van der Waals surface area contributed by atoms with Gasteiger partial charge in [0.15, 0.2) is 0 Å². The quantitative estimate of drug-likeness (QED) is 0.734. The Kier molecular flexibility index (Phi) is 5.72. The third-order valence-electron chi connectivity index (χ3n) is 3.32. The van der Waals surface area contributed by atoms with Gasteiger partial charge in [-0.3, -0.25) is 4.79 Å². The van der Waals surface area contributed by atoms with Crippen molar-refractivity contribution in [2.45, 2.75) is 6.54 Å². The van der Waals surface area contributed by atoms with Crippen molar-refractivity contribution in [3.05, 3.63) is 48.0 Å². The Labute approximate surface area is 125 Å². The van der Waals surface area contributed by atoms with Crippen LogP contribution in [0.15, 0.2) is 42.5 Å². The third kappa shape index (κ3) is 4.55. The molecule has 2 aromatic carbocycles. The fraction of sp³-hybridized carbons (Fsp3) is 0.353. The Balaban J connectivity index is 1.91. The number of ether oxygens (including phenoxy) is 2. The van der Waals surface area contributed by atoms with E-state index in [1.807, 2.05) is 12.1 Å². The summed E-state index contributed by atoms with van der Waals surface area (Å²) in [6.07, 6.45) is 0. The van der Waals surface area contributed by atoms with E-state index in [4.69, 9.17) is 9.47 Å². The molecule has 112 valence electrons. The summed E-state index contributed by atoms with van der Waals surface area (Å²) in [6, 6.07) is 14.5. The first-order chi connectivity index (χ1) is 10.2. The molecule has 1 amide bonds. The van der Waals surface area contributed by atoms with Crippen LogP contribution in [0.3, 0.4) is 0 Å². The molecule has 2 aromatic rings. The molecule has 0 spiro atoms. The largest absolute Gasteiger partial charge is 0.382 e. The molecular formula is C17H21NO3. The summed E-state index contributed by atoms with van der Waals surface area (Å²) in [5, 5.41) is 2.39. The molecule has 0 aromatic heterocycles. The third-order valence-corrected chi connectivity index (χ3v) is 3.32. The fourth-order valence-electron chi connectivity index (χ4n) is 2.11. The van der Waals surface area contributed by atoms with Crippen molar-refractivity contribution < 1.29 is 14.3 Å². The lowest BCUT2D eigenvalue weighted by Gasteiger charge is -2.17. The van der Waals surface area contributed by atoms with Crippen molar-refractivity contribution in [2.75, 3.05) is 34.0 Å². The Bertz CT molecular complexity index is 597. The summed E-state index contributed by atoms with van der Waals surface area (Å²) in [5.74, 6) is -0.0285. The second kappa shape index (κ2) is 7.76. The summed E-state index contributed by atoms with van der Waals surface area (Å²) in [4.78, 5) is 13.6. The highest BCUT2D eigenvalue weighted by Gasteiger charge is 2.09. The van der Waals surface area contributed by atoms with E-state index in [1.165, 1.54) is 10.8 Å². The lowest BCUT2D eigenvalue weighted by Crippen LogP contribution is -2.30. The summed E-state index contributed by atoms with van der Waals surface area (Å²) >= 11 is 0. The van der Waals surface area contributed by atoms with Gasteiger partial charge in [0, 0.05) is 20.7 Å². The predicted octanol–water partition coefficient (Wildman–Crippen LogP) is 2.46. The minimum Gasteiger partial charge on any atom is -0.382 e. The molecule has 0 unspecified atom stereocenters. The van der Waals surface area contributed by atoms with E-state index in [-0.39, 0.29) is 12.5 Å². The Hall–Kier alpha value is -1.91. The van der Waals surface area contributed by atoms with Gasteiger partial charge in [-0.2, -0.15) is 0 Å². The summed E-state index contributed by atoms with van der Waals surface area (Å²) in [5.41, 5.74) is 1.11. The number of likely N-dealkylation sites (N-methyl/N-ethyl adjacent to an activating group) is 1. The molecule has 0 N–H and O–H groups in total. The molecule has 0 fully saturated rings. The number of benzene rings is 2. The number of amides is 1. The van der Waals surface area contributed by atoms with E-state index >= 15 is 0 Å². The van der Waals surface area contributed by atoms with Crippen molar-refractivity contribution in [3.8, 4) is 0 Å². The highest BCUT2D eigenvalue weighted by Crippen LogP contribution is 2.16. The minimum atomic E-state index is -0.0285. The molecule has 0 aliphatic rings. The Morgan fingerprint density at radius 1 is 1.10 bits per heavy atom. The number of carbonyl (C=O) groups excluding carboxylic acids is 1. The zero-order valence-corrected chi connectivity index (χ0v) is 12.5. The van der Waals surface area contributed by atoms with Crippen LogP contribution in [-0.2, 0) is 20.8 Å². The number of nitrogens with zero attached hydrogens (tertiary/aromatic N) is 1. The van der Waals surface area contributed by atoms with Gasteiger partial charge in [-0.05, 0) is 22.4 Å². The van der Waals surface area contributed by atoms with Crippen LogP contribution in [0.5, 0.6) is 0 Å². The number of methoxy groups -OCH3 is 1. The standard InChI is InChI=1S/C17H21NO3/c1-18(17(19)13-21-10-9-20-2)12-14-7-8-15-5-3-4-6-16(15)11-14/h3-8,11H,9-10,12-13H2,1-2H3. The maximum absolute atomic E-state index is 11.9. The molecule has 0 heterocycles. The van der Waals surface area contributed by atoms with E-state index in [0.717, 1.165) is 5.56 Å². The van der Waals surface area contributed by atoms with Crippen LogP contribution >= 0.6 is 0 Å². The zero-order chi connectivity index (χ0) is 15.1. The van der Waals surface area contributed by atoms with Crippen molar-refractivity contribution in [2.24, 2.45) is 0 Å². The molecule has 21 heavy (non-hydrogen) atoms. The number of hydrogen-bond donors (Lipinski definition) is 0. The molecule has 0 radical (unpaired) electrons.